The summed E-state index contributed by atoms with van der Waals surface area (Å²) in [5.41, 5.74) is 4.52. The summed E-state index contributed by atoms with van der Waals surface area (Å²) in [6.45, 7) is 3.85. The lowest BCUT2D eigenvalue weighted by molar-refractivity contribution is 0.406. The van der Waals surface area contributed by atoms with Crippen molar-refractivity contribution in [2.75, 3.05) is 26.1 Å². The molecule has 0 radical (unpaired) electrons. The van der Waals surface area contributed by atoms with Crippen molar-refractivity contribution >= 4 is 5.69 Å². The minimum Gasteiger partial charge on any atom is -0.496 e. The van der Waals surface area contributed by atoms with Crippen LogP contribution in [0.3, 0.4) is 0 Å². The lowest BCUT2D eigenvalue weighted by Crippen LogP contribution is -2.15. The van der Waals surface area contributed by atoms with E-state index in [9.17, 15) is 4.79 Å². The largest absolute Gasteiger partial charge is 0.496 e. The maximum atomic E-state index is 12.1. The van der Waals surface area contributed by atoms with Crippen LogP contribution in [0.5, 0.6) is 5.75 Å². The summed E-state index contributed by atoms with van der Waals surface area (Å²) < 4.78 is 5.44. The number of nitrogens with zero attached hydrogens (tertiary/aromatic N) is 1. The normalized spacial score (nSPS) is 10.5. The first kappa shape index (κ1) is 15.2. The van der Waals surface area contributed by atoms with E-state index in [4.69, 9.17) is 4.74 Å². The fourth-order valence-electron chi connectivity index (χ4n) is 2.51. The highest BCUT2D eigenvalue weighted by molar-refractivity contribution is 5.69. The average molecular weight is 286 g/mol. The van der Waals surface area contributed by atoms with Crippen LogP contribution < -0.4 is 15.2 Å². The van der Waals surface area contributed by atoms with E-state index >= 15 is 0 Å². The van der Waals surface area contributed by atoms with Crippen molar-refractivity contribution in [2.45, 2.75) is 20.3 Å². The molecule has 0 amide bonds. The summed E-state index contributed by atoms with van der Waals surface area (Å²) in [5, 5.41) is 0. The van der Waals surface area contributed by atoms with Gasteiger partial charge < -0.3 is 14.6 Å². The smallest absolute Gasteiger partial charge is 0.255 e. The third-order valence-corrected chi connectivity index (χ3v) is 3.73. The Hall–Kier alpha value is -2.23. The molecule has 21 heavy (non-hydrogen) atoms. The Balaban J connectivity index is 2.63. The Morgan fingerprint density at radius 2 is 1.81 bits per heavy atom. The van der Waals surface area contributed by atoms with Crippen LogP contribution in [0.15, 0.2) is 29.1 Å². The second-order valence-corrected chi connectivity index (χ2v) is 5.26. The first-order valence-corrected chi connectivity index (χ1v) is 7.07. The number of aromatic nitrogens is 1. The number of hydrogen-bond acceptors (Lipinski definition) is 3. The monoisotopic (exact) mass is 286 g/mol. The summed E-state index contributed by atoms with van der Waals surface area (Å²) in [6.07, 6.45) is 0.797. The number of benzene rings is 1. The van der Waals surface area contributed by atoms with Crippen molar-refractivity contribution in [1.82, 2.24) is 4.98 Å². The van der Waals surface area contributed by atoms with Gasteiger partial charge in [0.05, 0.1) is 18.4 Å². The summed E-state index contributed by atoms with van der Waals surface area (Å²) in [6, 6.07) is 8.13. The van der Waals surface area contributed by atoms with Crippen LogP contribution in [-0.4, -0.2) is 26.2 Å². The van der Waals surface area contributed by atoms with E-state index in [0.29, 0.717) is 11.3 Å². The van der Waals surface area contributed by atoms with Gasteiger partial charge in [-0.1, -0.05) is 19.1 Å². The predicted octanol–water partition coefficient (Wildman–Crippen LogP) is 2.99. The standard InChI is InChI=1S/C17H22N2O2/c1-6-14-15(18-17(20)11(2)16(14)21-5)12-7-9-13(10-8-12)19(3)4/h7-10H,6H2,1-5H3,(H,18,20). The van der Waals surface area contributed by atoms with E-state index in [0.717, 1.165) is 28.9 Å². The fraction of sp³-hybridized carbons (Fsp3) is 0.353. The third-order valence-electron chi connectivity index (χ3n) is 3.73. The molecule has 0 fully saturated rings. The molecule has 4 heteroatoms. The molecule has 0 saturated carbocycles. The Morgan fingerprint density at radius 1 is 1.19 bits per heavy atom. The van der Waals surface area contributed by atoms with Crippen LogP contribution >= 0.6 is 0 Å². The first-order chi connectivity index (χ1) is 9.99. The zero-order valence-electron chi connectivity index (χ0n) is 13.3. The van der Waals surface area contributed by atoms with Crippen LogP contribution in [0.4, 0.5) is 5.69 Å². The molecule has 0 bridgehead atoms. The minimum absolute atomic E-state index is 0.101. The zero-order chi connectivity index (χ0) is 15.6. The van der Waals surface area contributed by atoms with Gasteiger partial charge >= 0.3 is 0 Å². The molecule has 112 valence electrons. The molecule has 1 N–H and O–H groups in total. The van der Waals surface area contributed by atoms with E-state index in [1.54, 1.807) is 14.0 Å². The molecule has 4 nitrogen and oxygen atoms in total. The maximum absolute atomic E-state index is 12.1. The van der Waals surface area contributed by atoms with Crippen molar-refractivity contribution < 1.29 is 4.74 Å². The van der Waals surface area contributed by atoms with Crippen LogP contribution in [-0.2, 0) is 6.42 Å². The molecular formula is C17H22N2O2. The summed E-state index contributed by atoms with van der Waals surface area (Å²) >= 11 is 0. The van der Waals surface area contributed by atoms with Crippen LogP contribution in [0, 0.1) is 6.92 Å². The topological polar surface area (TPSA) is 45.3 Å². The molecule has 0 aliphatic heterocycles. The molecule has 0 saturated heterocycles. The number of rotatable bonds is 4. The number of nitrogens with one attached hydrogen (secondary N) is 1. The van der Waals surface area contributed by atoms with E-state index in [1.165, 1.54) is 0 Å². The van der Waals surface area contributed by atoms with Gasteiger partial charge in [-0.05, 0) is 31.0 Å². The molecule has 2 rings (SSSR count). The summed E-state index contributed by atoms with van der Waals surface area (Å²) in [7, 11) is 5.62. The molecule has 0 unspecified atom stereocenters. The number of anilines is 1. The van der Waals surface area contributed by atoms with Crippen molar-refractivity contribution in [3.8, 4) is 17.0 Å². The molecule has 1 aromatic heterocycles. The number of ether oxygens (including phenoxy) is 1. The van der Waals surface area contributed by atoms with Gasteiger partial charge in [0.15, 0.2) is 0 Å². The van der Waals surface area contributed by atoms with Gasteiger partial charge in [0.25, 0.3) is 5.56 Å². The fourth-order valence-corrected chi connectivity index (χ4v) is 2.51. The Morgan fingerprint density at radius 3 is 2.29 bits per heavy atom. The molecule has 0 atom stereocenters. The van der Waals surface area contributed by atoms with Crippen molar-refractivity contribution in [1.29, 1.82) is 0 Å². The van der Waals surface area contributed by atoms with Gasteiger partial charge in [0.2, 0.25) is 0 Å². The van der Waals surface area contributed by atoms with Crippen molar-refractivity contribution in [2.24, 2.45) is 0 Å². The van der Waals surface area contributed by atoms with E-state index < -0.39 is 0 Å². The molecule has 1 heterocycles. The highest BCUT2D eigenvalue weighted by Crippen LogP contribution is 2.30. The average Bonchev–Trinajstić information content (AvgIpc) is 2.49. The Labute approximate surface area is 125 Å². The molecule has 2 aromatic rings. The number of H-pyrrole nitrogens is 1. The van der Waals surface area contributed by atoms with Crippen LogP contribution in [0.1, 0.15) is 18.1 Å². The molecule has 0 aliphatic carbocycles. The van der Waals surface area contributed by atoms with E-state index in [1.807, 2.05) is 43.3 Å². The second-order valence-electron chi connectivity index (χ2n) is 5.26. The van der Waals surface area contributed by atoms with Gasteiger partial charge in [-0.15, -0.1) is 0 Å². The quantitative estimate of drug-likeness (QED) is 0.939. The number of aromatic amines is 1. The van der Waals surface area contributed by atoms with Gasteiger partial charge in [0.1, 0.15) is 5.75 Å². The molecule has 0 aliphatic rings. The molecule has 1 aromatic carbocycles. The lowest BCUT2D eigenvalue weighted by Gasteiger charge is -2.16. The number of methoxy groups -OCH3 is 1. The third kappa shape index (κ3) is 2.79. The Bertz CT molecular complexity index is 685. The Kier molecular flexibility index (Phi) is 4.36. The highest BCUT2D eigenvalue weighted by atomic mass is 16.5. The van der Waals surface area contributed by atoms with Crippen LogP contribution in [0.25, 0.3) is 11.3 Å². The van der Waals surface area contributed by atoms with Crippen molar-refractivity contribution in [3.05, 3.63) is 45.7 Å². The van der Waals surface area contributed by atoms with Gasteiger partial charge in [0, 0.05) is 25.3 Å². The number of hydrogen-bond donors (Lipinski definition) is 1. The summed E-state index contributed by atoms with van der Waals surface area (Å²) in [4.78, 5) is 17.1. The first-order valence-electron chi connectivity index (χ1n) is 7.07. The van der Waals surface area contributed by atoms with Gasteiger partial charge in [-0.2, -0.15) is 0 Å². The SMILES string of the molecule is CCc1c(-c2ccc(N(C)C)cc2)[nH]c(=O)c(C)c1OC. The van der Waals surface area contributed by atoms with Crippen molar-refractivity contribution in [3.63, 3.8) is 0 Å². The zero-order valence-corrected chi connectivity index (χ0v) is 13.3. The maximum Gasteiger partial charge on any atom is 0.255 e. The number of pyridine rings is 1. The van der Waals surface area contributed by atoms with Gasteiger partial charge in [-0.25, -0.2) is 0 Å². The molecular weight excluding hydrogens is 264 g/mol. The van der Waals surface area contributed by atoms with E-state index in [2.05, 4.69) is 11.9 Å². The molecule has 0 spiro atoms. The summed E-state index contributed by atoms with van der Waals surface area (Å²) in [5.74, 6) is 0.688. The van der Waals surface area contributed by atoms with Gasteiger partial charge in [-0.3, -0.25) is 4.79 Å². The second kappa shape index (κ2) is 6.04. The van der Waals surface area contributed by atoms with Crippen LogP contribution in [0.2, 0.25) is 0 Å². The lowest BCUT2D eigenvalue weighted by atomic mass is 10.0. The predicted molar refractivity (Wildman–Crippen MR) is 87.5 cm³/mol. The van der Waals surface area contributed by atoms with E-state index in [-0.39, 0.29) is 5.56 Å². The minimum atomic E-state index is -0.101. The highest BCUT2D eigenvalue weighted by Gasteiger charge is 2.15.